The van der Waals surface area contributed by atoms with Gasteiger partial charge in [-0.05, 0) is 47.5 Å². The molecule has 0 radical (unpaired) electrons. The average molecular weight is 306 g/mol. The van der Waals surface area contributed by atoms with Crippen LogP contribution in [0.25, 0.3) is 0 Å². The first-order valence-electron chi connectivity index (χ1n) is 7.41. The first kappa shape index (κ1) is 20.3. The Balaban J connectivity index is 4.71. The second-order valence-corrected chi connectivity index (χ2v) is 6.59. The topological polar surface area (TPSA) is 74.2 Å². The molecule has 0 aliphatic carbocycles. The maximum atomic E-state index is 10.8. The van der Waals surface area contributed by atoms with Gasteiger partial charge in [0.25, 0.3) is 0 Å². The van der Waals surface area contributed by atoms with Crippen molar-refractivity contribution in [3.63, 3.8) is 0 Å². The van der Waals surface area contributed by atoms with E-state index < -0.39 is 23.0 Å². The highest BCUT2D eigenvalue weighted by Crippen LogP contribution is 2.27. The summed E-state index contributed by atoms with van der Waals surface area (Å²) in [4.78, 5) is 32.3. The summed E-state index contributed by atoms with van der Waals surface area (Å²) < 4.78 is 0. The molecule has 0 unspecified atom stereocenters. The number of carboxylic acids is 1. The Bertz CT molecular complexity index is 304. The molecule has 0 amide bonds. The molecule has 0 rings (SSSR count). The Morgan fingerprint density at radius 1 is 0.857 bits per heavy atom. The predicted molar refractivity (Wildman–Crippen MR) is 78.4 cm³/mol. The number of rotatable bonds is 11. The molecule has 21 heavy (non-hydrogen) atoms. The van der Waals surface area contributed by atoms with Crippen LogP contribution in [0.4, 0.5) is 0 Å². The van der Waals surface area contributed by atoms with E-state index in [0.29, 0.717) is 0 Å². The van der Waals surface area contributed by atoms with Crippen LogP contribution in [0.3, 0.4) is 0 Å². The van der Waals surface area contributed by atoms with Gasteiger partial charge in [0, 0.05) is 6.42 Å². The summed E-state index contributed by atoms with van der Waals surface area (Å²) in [6.07, 6.45) is 1.48. The fourth-order valence-corrected chi connectivity index (χ4v) is 0.951. The van der Waals surface area contributed by atoms with Gasteiger partial charge in [-0.2, -0.15) is 9.78 Å². The fraction of sp³-hybridized carbons (Fsp3) is 0.933. The molecule has 0 aromatic carbocycles. The highest BCUT2D eigenvalue weighted by molar-refractivity contribution is 5.66. The molecule has 0 atom stereocenters. The van der Waals surface area contributed by atoms with Gasteiger partial charge >= 0.3 is 5.97 Å². The number of hydrogen-bond acceptors (Lipinski definition) is 5. The van der Waals surface area contributed by atoms with Crippen LogP contribution in [0.15, 0.2) is 0 Å². The van der Waals surface area contributed by atoms with E-state index in [1.165, 1.54) is 0 Å². The number of carbonyl (C=O) groups is 1. The van der Waals surface area contributed by atoms with E-state index in [1.54, 1.807) is 6.92 Å². The number of hydrogen-bond donors (Lipinski definition) is 1. The summed E-state index contributed by atoms with van der Waals surface area (Å²) in [5.41, 5.74) is -0.984. The van der Waals surface area contributed by atoms with Crippen LogP contribution in [0.2, 0.25) is 0 Å². The van der Waals surface area contributed by atoms with Crippen molar-refractivity contribution in [2.75, 3.05) is 0 Å². The third-order valence-corrected chi connectivity index (χ3v) is 3.38. The van der Waals surface area contributed by atoms with Crippen molar-refractivity contribution in [3.05, 3.63) is 0 Å². The number of aliphatic carboxylic acids is 1. The minimum atomic E-state index is -1.28. The first-order chi connectivity index (χ1) is 9.45. The van der Waals surface area contributed by atoms with E-state index in [0.717, 1.165) is 12.8 Å². The summed E-state index contributed by atoms with van der Waals surface area (Å²) in [7, 11) is 0. The van der Waals surface area contributed by atoms with E-state index >= 15 is 0 Å². The van der Waals surface area contributed by atoms with Crippen molar-refractivity contribution in [3.8, 4) is 0 Å². The van der Waals surface area contributed by atoms with Crippen molar-refractivity contribution in [1.82, 2.24) is 0 Å². The second kappa shape index (κ2) is 8.08. The first-order valence-corrected chi connectivity index (χ1v) is 7.41. The maximum absolute atomic E-state index is 10.8. The smallest absolute Gasteiger partial charge is 0.303 e. The van der Waals surface area contributed by atoms with Gasteiger partial charge in [-0.1, -0.05) is 13.8 Å². The maximum Gasteiger partial charge on any atom is 0.303 e. The molecule has 0 heterocycles. The van der Waals surface area contributed by atoms with E-state index in [1.807, 2.05) is 41.5 Å². The van der Waals surface area contributed by atoms with Gasteiger partial charge in [0.2, 0.25) is 5.79 Å². The molecule has 0 saturated carbocycles. The minimum Gasteiger partial charge on any atom is -0.481 e. The molecule has 0 bridgehead atoms. The van der Waals surface area contributed by atoms with Gasteiger partial charge in [-0.15, -0.1) is 0 Å². The number of carboxylic acid groups (broad SMARTS) is 1. The van der Waals surface area contributed by atoms with E-state index in [4.69, 9.17) is 24.7 Å². The molecule has 0 spiro atoms. The zero-order chi connectivity index (χ0) is 16.7. The Morgan fingerprint density at radius 2 is 1.24 bits per heavy atom. The molecule has 6 heteroatoms. The molecule has 0 aliphatic heterocycles. The third-order valence-electron chi connectivity index (χ3n) is 3.38. The zero-order valence-electron chi connectivity index (χ0n) is 14.3. The van der Waals surface area contributed by atoms with Gasteiger partial charge in [0.15, 0.2) is 0 Å². The lowest BCUT2D eigenvalue weighted by Crippen LogP contribution is -2.40. The monoisotopic (exact) mass is 306 g/mol. The molecule has 0 aromatic heterocycles. The van der Waals surface area contributed by atoms with Crippen LogP contribution < -0.4 is 0 Å². The Hall–Kier alpha value is -0.690. The standard InChI is InChI=1S/C15H30O6/c1-8-13(3,4)18-20-15(7,11-10-12(16)17)21-19-14(5,6)9-2/h8-11H2,1-7H3,(H,16,17). The molecule has 126 valence electrons. The quantitative estimate of drug-likeness (QED) is 0.355. The molecule has 0 aromatic rings. The summed E-state index contributed by atoms with van der Waals surface area (Å²) in [6, 6.07) is 0. The summed E-state index contributed by atoms with van der Waals surface area (Å²) >= 11 is 0. The van der Waals surface area contributed by atoms with Crippen LogP contribution in [0, 0.1) is 0 Å². The molecule has 1 N–H and O–H groups in total. The van der Waals surface area contributed by atoms with E-state index in [9.17, 15) is 4.79 Å². The Labute approximate surface area is 127 Å². The second-order valence-electron chi connectivity index (χ2n) is 6.59. The lowest BCUT2D eigenvalue weighted by molar-refractivity contribution is -0.539. The average Bonchev–Trinajstić information content (AvgIpc) is 2.41. The molecule has 6 nitrogen and oxygen atoms in total. The van der Waals surface area contributed by atoms with Crippen LogP contribution in [0.5, 0.6) is 0 Å². The highest BCUT2D eigenvalue weighted by atomic mass is 17.3. The van der Waals surface area contributed by atoms with E-state index in [-0.39, 0.29) is 12.8 Å². The van der Waals surface area contributed by atoms with Gasteiger partial charge in [0.05, 0.1) is 17.6 Å². The fourth-order valence-electron chi connectivity index (χ4n) is 0.951. The Morgan fingerprint density at radius 3 is 1.52 bits per heavy atom. The SMILES string of the molecule is CCC(C)(C)OOC(C)(CCC(=O)O)OOC(C)(C)CC. The van der Waals surface area contributed by atoms with Crippen molar-refractivity contribution in [1.29, 1.82) is 0 Å². The minimum absolute atomic E-state index is 0.109. The third kappa shape index (κ3) is 9.03. The molecular formula is C15H30O6. The highest BCUT2D eigenvalue weighted by Gasteiger charge is 2.35. The van der Waals surface area contributed by atoms with Crippen LogP contribution in [0.1, 0.15) is 74.1 Å². The van der Waals surface area contributed by atoms with Crippen LogP contribution in [-0.2, 0) is 24.3 Å². The van der Waals surface area contributed by atoms with Crippen molar-refractivity contribution in [2.24, 2.45) is 0 Å². The molecule has 0 aliphatic rings. The van der Waals surface area contributed by atoms with Gasteiger partial charge in [-0.3, -0.25) is 4.79 Å². The molecule has 0 saturated heterocycles. The Kier molecular flexibility index (Phi) is 7.81. The van der Waals surface area contributed by atoms with Crippen molar-refractivity contribution < 1.29 is 29.5 Å². The van der Waals surface area contributed by atoms with Gasteiger partial charge < -0.3 is 5.11 Å². The lowest BCUT2D eigenvalue weighted by atomic mass is 10.1. The van der Waals surface area contributed by atoms with Crippen molar-refractivity contribution >= 4 is 5.97 Å². The lowest BCUT2D eigenvalue weighted by Gasteiger charge is -2.33. The normalized spacial score (nSPS) is 13.5. The largest absolute Gasteiger partial charge is 0.481 e. The van der Waals surface area contributed by atoms with Gasteiger partial charge in [0.1, 0.15) is 0 Å². The summed E-state index contributed by atoms with van der Waals surface area (Å²) in [5.74, 6) is -2.21. The van der Waals surface area contributed by atoms with Crippen molar-refractivity contribution in [2.45, 2.75) is 91.1 Å². The molecule has 0 fully saturated rings. The summed E-state index contributed by atoms with van der Waals surface area (Å²) in [5, 5.41) is 8.83. The predicted octanol–water partition coefficient (Wildman–Crippen LogP) is 3.84. The molecular weight excluding hydrogens is 276 g/mol. The summed E-state index contributed by atoms with van der Waals surface area (Å²) in [6.45, 7) is 13.0. The zero-order valence-corrected chi connectivity index (χ0v) is 14.3. The van der Waals surface area contributed by atoms with Gasteiger partial charge in [-0.25, -0.2) is 9.78 Å². The van der Waals surface area contributed by atoms with Crippen LogP contribution in [-0.4, -0.2) is 28.1 Å². The van der Waals surface area contributed by atoms with Crippen LogP contribution >= 0.6 is 0 Å². The van der Waals surface area contributed by atoms with E-state index in [2.05, 4.69) is 0 Å².